The zero-order chi connectivity index (χ0) is 72.8. The molecule has 11 fully saturated rings. The third-order valence-corrected chi connectivity index (χ3v) is 23.5. The molecule has 0 aromatic rings. The SMILES string of the molecule is C=C1CC23CCC4[C@](C)(C(=O)OC5OC(CO)C(O)C(OC6OC(CO)C(O)C(O)C6O)C5OC5OC(CO)C(O)C(O)C5O)CCC[C@@]4(C)[C@@H]2CCC1(OC1OC(CO)C(O)C(OC2OC(COC4(O)COC(CO)C(O)C4O)C(O)C(O)C2O)C1OC1OC(CO)C(O)C(O)C1O)C3. The molecule has 0 aromatic carbocycles. The maximum atomic E-state index is 15.5. The highest BCUT2D eigenvalue weighted by Crippen LogP contribution is 2.74. The second kappa shape index (κ2) is 30.8. The van der Waals surface area contributed by atoms with E-state index in [1.165, 1.54) is 0 Å². The number of fused-ring (bicyclic) bond motifs is 3. The molecule has 4 aliphatic carbocycles. The van der Waals surface area contributed by atoms with Crippen LogP contribution in [0.15, 0.2) is 12.2 Å². The van der Waals surface area contributed by atoms with Crippen LogP contribution in [0.3, 0.4) is 0 Å². The number of hydrogen-bond acceptors (Lipinski definition) is 38. The van der Waals surface area contributed by atoms with Crippen LogP contribution < -0.4 is 0 Å². The predicted octanol–water partition coefficient (Wildman–Crippen LogP) is -11.6. The molecule has 100 heavy (non-hydrogen) atoms. The number of aliphatic hydroxyl groups excluding tert-OH is 22. The van der Waals surface area contributed by atoms with Crippen molar-refractivity contribution >= 4 is 5.97 Å². The Balaban J connectivity index is 0.855. The van der Waals surface area contributed by atoms with Crippen LogP contribution in [-0.2, 0) is 71.1 Å². The molecule has 1 spiro atoms. The minimum Gasteiger partial charge on any atom is -0.432 e. The Kier molecular flexibility index (Phi) is 24.3. The van der Waals surface area contributed by atoms with E-state index < -0.39 is 295 Å². The fourth-order valence-corrected chi connectivity index (χ4v) is 17.8. The number of hydrogen-bond donors (Lipinski definition) is 23. The van der Waals surface area contributed by atoms with Gasteiger partial charge in [-0.2, -0.15) is 0 Å². The molecule has 7 heterocycles. The average Bonchev–Trinajstić information content (AvgIpc) is 1.41. The molecule has 23 N–H and O–H groups in total. The van der Waals surface area contributed by atoms with Crippen molar-refractivity contribution in [1.29, 1.82) is 0 Å². The molecule has 11 rings (SSSR count). The molecule has 11 aliphatic rings. The highest BCUT2D eigenvalue weighted by Gasteiger charge is 2.70. The van der Waals surface area contributed by atoms with Crippen molar-refractivity contribution in [3.05, 3.63) is 12.2 Å². The topological polar surface area (TPSA) is 612 Å². The van der Waals surface area contributed by atoms with E-state index in [1.54, 1.807) is 6.92 Å². The monoisotopic (exact) mass is 1450 g/mol. The number of ether oxygens (including phenoxy) is 14. The molecule has 40 atom stereocenters. The first-order chi connectivity index (χ1) is 47.2. The Bertz CT molecular complexity index is 2740. The summed E-state index contributed by atoms with van der Waals surface area (Å²) in [5.74, 6) is -4.26. The van der Waals surface area contributed by atoms with Crippen LogP contribution in [0.4, 0.5) is 0 Å². The normalized spacial score (nSPS) is 54.5. The highest BCUT2D eigenvalue weighted by atomic mass is 16.8. The van der Waals surface area contributed by atoms with E-state index in [0.717, 1.165) is 0 Å². The van der Waals surface area contributed by atoms with Gasteiger partial charge in [-0.05, 0) is 86.5 Å². The maximum Gasteiger partial charge on any atom is 0.314 e. The molecule has 38 heteroatoms. The molecule has 2 bridgehead atoms. The third kappa shape index (κ3) is 14.0. The second-order valence-corrected chi connectivity index (χ2v) is 29.4. The van der Waals surface area contributed by atoms with E-state index in [1.807, 2.05) is 0 Å². The number of carbonyl (C=O) groups excluding carboxylic acids is 1. The first-order valence-electron chi connectivity index (χ1n) is 33.9. The van der Waals surface area contributed by atoms with Gasteiger partial charge in [-0.3, -0.25) is 4.79 Å². The van der Waals surface area contributed by atoms with Gasteiger partial charge in [0.1, 0.15) is 165 Å². The Morgan fingerprint density at radius 3 is 1.32 bits per heavy atom. The van der Waals surface area contributed by atoms with E-state index in [9.17, 15) is 117 Å². The minimum absolute atomic E-state index is 0.180. The molecule has 38 nitrogen and oxygen atoms in total. The van der Waals surface area contributed by atoms with Crippen molar-refractivity contribution in [2.45, 2.75) is 286 Å². The number of carbonyl (C=O) groups is 1. The van der Waals surface area contributed by atoms with Crippen molar-refractivity contribution in [2.24, 2.45) is 28.1 Å². The van der Waals surface area contributed by atoms with Gasteiger partial charge >= 0.3 is 5.97 Å². The summed E-state index contributed by atoms with van der Waals surface area (Å²) in [6.45, 7) is 1.18. The van der Waals surface area contributed by atoms with Crippen molar-refractivity contribution in [2.75, 3.05) is 52.9 Å². The predicted molar refractivity (Wildman–Crippen MR) is 317 cm³/mol. The van der Waals surface area contributed by atoms with Gasteiger partial charge in [0, 0.05) is 0 Å². The van der Waals surface area contributed by atoms with Gasteiger partial charge in [-0.1, -0.05) is 19.9 Å². The molecule has 0 amide bonds. The van der Waals surface area contributed by atoms with Crippen LogP contribution >= 0.6 is 0 Å². The lowest BCUT2D eigenvalue weighted by atomic mass is 9.41. The smallest absolute Gasteiger partial charge is 0.314 e. The quantitative estimate of drug-likeness (QED) is 0.0220. The Hall–Kier alpha value is -2.23. The van der Waals surface area contributed by atoms with Gasteiger partial charge in [-0.25, -0.2) is 0 Å². The third-order valence-electron chi connectivity index (χ3n) is 23.5. The van der Waals surface area contributed by atoms with Crippen molar-refractivity contribution in [1.82, 2.24) is 0 Å². The molecule has 7 aliphatic heterocycles. The summed E-state index contributed by atoms with van der Waals surface area (Å²) < 4.78 is 84.3. The zero-order valence-electron chi connectivity index (χ0n) is 54.8. The largest absolute Gasteiger partial charge is 0.432 e. The number of rotatable bonds is 21. The summed E-state index contributed by atoms with van der Waals surface area (Å²) in [6.07, 6.45) is -60.0. The van der Waals surface area contributed by atoms with E-state index in [-0.39, 0.29) is 25.2 Å². The molecule has 0 radical (unpaired) electrons. The van der Waals surface area contributed by atoms with Gasteiger partial charge < -0.3 is 184 Å². The molecule has 0 aromatic heterocycles. The fourth-order valence-electron chi connectivity index (χ4n) is 17.8. The summed E-state index contributed by atoms with van der Waals surface area (Å²) in [5, 5.41) is 250. The standard InChI is InChI=1S/C62H100O38/c1-21-11-60-9-5-29-58(2,7-4-8-59(29,3)57(85)99-55-48(97-52-43(81)39(77)32(70)24(14-65)90-52)46(35(73)26(16-67)92-55)95-51-42(80)38(76)31(69)23(13-64)89-51)30(60)6-10-61(21,19-60)100-56-49(98-53-44(82)40(78)33(71)25(15-66)91-53)47(36(74)27(17-68)93-56)96-54-45(83)41(79)34(72)28(94-54)18-88-62(86)20-87-22(12-63)37(75)50(62)84/h22-56,63-84,86H,1,4-20H2,2-3H3/t22?,23?,24?,25?,26?,27?,28?,29?,30-,31?,32?,33?,34?,35?,36?,37?,38?,39?,40?,41?,42?,43?,44?,45?,46?,47?,48?,49?,50?,51?,52?,53?,54?,55?,56?,58+,59+,60?,61?,62?/m0/s1. The number of esters is 1. The first kappa shape index (κ1) is 78.8. The van der Waals surface area contributed by atoms with Gasteiger partial charge in [-0.15, -0.1) is 0 Å². The Labute approximate surface area is 571 Å². The van der Waals surface area contributed by atoms with Crippen molar-refractivity contribution < 1.29 is 189 Å². The minimum atomic E-state index is -2.69. The lowest BCUT2D eigenvalue weighted by Crippen LogP contribution is -2.68. The van der Waals surface area contributed by atoms with Crippen LogP contribution in [0.5, 0.6) is 0 Å². The van der Waals surface area contributed by atoms with Crippen LogP contribution in [0.25, 0.3) is 0 Å². The van der Waals surface area contributed by atoms with Crippen LogP contribution in [0, 0.1) is 28.1 Å². The molecule has 4 saturated carbocycles. The molecular formula is C62H100O38. The summed E-state index contributed by atoms with van der Waals surface area (Å²) in [5.41, 5.74) is -3.54. The van der Waals surface area contributed by atoms with Gasteiger partial charge in [0.05, 0.1) is 57.3 Å². The fraction of sp³-hybridized carbons (Fsp3) is 0.952. The van der Waals surface area contributed by atoms with Crippen LogP contribution in [0.1, 0.15) is 71.6 Å². The summed E-state index contributed by atoms with van der Waals surface area (Å²) >= 11 is 0. The second-order valence-electron chi connectivity index (χ2n) is 29.4. The van der Waals surface area contributed by atoms with E-state index >= 15 is 4.79 Å². The van der Waals surface area contributed by atoms with Gasteiger partial charge in [0.15, 0.2) is 37.6 Å². The van der Waals surface area contributed by atoms with Crippen LogP contribution in [0.2, 0.25) is 0 Å². The summed E-state index contributed by atoms with van der Waals surface area (Å²) in [6, 6.07) is 0. The number of aliphatic hydroxyl groups is 23. The van der Waals surface area contributed by atoms with Gasteiger partial charge in [0.25, 0.3) is 0 Å². The molecular weight excluding hydrogens is 1350 g/mol. The molecule has 37 unspecified atom stereocenters. The summed E-state index contributed by atoms with van der Waals surface area (Å²) in [7, 11) is 0. The summed E-state index contributed by atoms with van der Waals surface area (Å²) in [4.78, 5) is 15.5. The highest BCUT2D eigenvalue weighted by molar-refractivity contribution is 5.77. The Morgan fingerprint density at radius 1 is 0.450 bits per heavy atom. The Morgan fingerprint density at radius 2 is 0.850 bits per heavy atom. The van der Waals surface area contributed by atoms with Gasteiger partial charge in [0.2, 0.25) is 12.1 Å². The van der Waals surface area contributed by atoms with E-state index in [4.69, 9.17) is 66.3 Å². The van der Waals surface area contributed by atoms with E-state index in [2.05, 4.69) is 13.5 Å². The average molecular weight is 1450 g/mol. The van der Waals surface area contributed by atoms with Crippen molar-refractivity contribution in [3.63, 3.8) is 0 Å². The zero-order valence-corrected chi connectivity index (χ0v) is 54.8. The maximum absolute atomic E-state index is 15.5. The lowest BCUT2D eigenvalue weighted by Gasteiger charge is -2.64. The van der Waals surface area contributed by atoms with E-state index in [0.29, 0.717) is 44.1 Å². The lowest BCUT2D eigenvalue weighted by molar-refractivity contribution is -0.402. The molecule has 7 saturated heterocycles. The molecule has 576 valence electrons. The first-order valence-corrected chi connectivity index (χ1v) is 33.9. The van der Waals surface area contributed by atoms with Crippen molar-refractivity contribution in [3.8, 4) is 0 Å². The van der Waals surface area contributed by atoms with Crippen LogP contribution in [-0.4, -0.2) is 390 Å².